The third-order valence-electron chi connectivity index (χ3n) is 3.88. The number of aliphatic hydroxyl groups excluding tert-OH is 1. The maximum absolute atomic E-state index is 11.2. The van der Waals surface area contributed by atoms with E-state index in [0.717, 1.165) is 25.7 Å². The van der Waals surface area contributed by atoms with Gasteiger partial charge in [-0.3, -0.25) is 4.79 Å². The Kier molecular flexibility index (Phi) is 2.88. The second-order valence-corrected chi connectivity index (χ2v) is 5.12. The van der Waals surface area contributed by atoms with Crippen LogP contribution in [0.3, 0.4) is 0 Å². The van der Waals surface area contributed by atoms with Gasteiger partial charge < -0.3 is 19.3 Å². The van der Waals surface area contributed by atoms with E-state index in [4.69, 9.17) is 14.2 Å². The predicted molar refractivity (Wildman–Crippen MR) is 57.5 cm³/mol. The number of ether oxygens (including phenoxy) is 3. The molecule has 2 heterocycles. The molecule has 6 nitrogen and oxygen atoms in total. The number of hydrogen-bond acceptors (Lipinski definition) is 6. The zero-order chi connectivity index (χ0) is 12.8. The Morgan fingerprint density at radius 3 is 2.50 bits per heavy atom. The van der Waals surface area contributed by atoms with Crippen LogP contribution in [-0.4, -0.2) is 47.6 Å². The molecule has 0 radical (unpaired) electrons. The van der Waals surface area contributed by atoms with E-state index < -0.39 is 35.9 Å². The molecule has 0 aromatic carbocycles. The number of aliphatic hydroxyl groups is 1. The molecule has 18 heavy (non-hydrogen) atoms. The van der Waals surface area contributed by atoms with E-state index in [1.54, 1.807) is 0 Å². The van der Waals surface area contributed by atoms with Crippen molar-refractivity contribution < 1.29 is 28.9 Å². The minimum absolute atomic E-state index is 0.252. The first kappa shape index (κ1) is 12.1. The summed E-state index contributed by atoms with van der Waals surface area (Å²) in [6.45, 7) is 0.252. The number of Topliss-reactive ketones (excluding diaryl/α,β-unsaturated/α-hetero) is 1. The summed E-state index contributed by atoms with van der Waals surface area (Å²) >= 11 is 0. The molecule has 2 saturated heterocycles. The molecule has 0 bridgehead atoms. The summed E-state index contributed by atoms with van der Waals surface area (Å²) in [5.41, 5.74) is 0. The van der Waals surface area contributed by atoms with Gasteiger partial charge >= 0.3 is 5.97 Å². The van der Waals surface area contributed by atoms with Gasteiger partial charge in [0.15, 0.2) is 18.0 Å². The highest BCUT2D eigenvalue weighted by Gasteiger charge is 2.53. The van der Waals surface area contributed by atoms with Crippen LogP contribution in [0.5, 0.6) is 0 Å². The highest BCUT2D eigenvalue weighted by molar-refractivity contribution is 6.37. The molecule has 0 aromatic heterocycles. The Bertz CT molecular complexity index is 373. The molecular weight excluding hydrogens is 240 g/mol. The van der Waals surface area contributed by atoms with E-state index in [1.807, 2.05) is 0 Å². The van der Waals surface area contributed by atoms with Crippen molar-refractivity contribution in [3.8, 4) is 0 Å². The van der Waals surface area contributed by atoms with Crippen LogP contribution in [-0.2, 0) is 23.8 Å². The summed E-state index contributed by atoms with van der Waals surface area (Å²) in [7, 11) is 0. The summed E-state index contributed by atoms with van der Waals surface area (Å²) in [5, 5.41) is 9.64. The fourth-order valence-electron chi connectivity index (χ4n) is 2.89. The molecule has 3 aliphatic rings. The van der Waals surface area contributed by atoms with Gasteiger partial charge in [0.25, 0.3) is 5.78 Å². The Morgan fingerprint density at radius 1 is 1.17 bits per heavy atom. The van der Waals surface area contributed by atoms with Gasteiger partial charge in [-0.1, -0.05) is 6.42 Å². The van der Waals surface area contributed by atoms with Crippen LogP contribution in [0.1, 0.15) is 32.1 Å². The lowest BCUT2D eigenvalue weighted by Gasteiger charge is -2.32. The van der Waals surface area contributed by atoms with Crippen LogP contribution in [0.4, 0.5) is 0 Å². The summed E-state index contributed by atoms with van der Waals surface area (Å²) in [6.07, 6.45) is 1.97. The van der Waals surface area contributed by atoms with Gasteiger partial charge in [0, 0.05) is 12.8 Å². The van der Waals surface area contributed by atoms with Gasteiger partial charge in [0.2, 0.25) is 0 Å². The second-order valence-electron chi connectivity index (χ2n) is 5.12. The summed E-state index contributed by atoms with van der Waals surface area (Å²) < 4.78 is 16.4. The number of ketones is 1. The summed E-state index contributed by atoms with van der Waals surface area (Å²) in [4.78, 5) is 22.3. The van der Waals surface area contributed by atoms with E-state index in [1.165, 1.54) is 6.42 Å². The Morgan fingerprint density at radius 2 is 1.89 bits per heavy atom. The molecule has 3 fully saturated rings. The highest BCUT2D eigenvalue weighted by atomic mass is 16.8. The third-order valence-corrected chi connectivity index (χ3v) is 3.88. The molecule has 1 N–H and O–H groups in total. The third kappa shape index (κ3) is 1.84. The van der Waals surface area contributed by atoms with E-state index >= 15 is 0 Å². The normalized spacial score (nSPS) is 39.3. The summed E-state index contributed by atoms with van der Waals surface area (Å²) in [5.74, 6) is -2.48. The number of carbonyl (C=O) groups is 2. The molecule has 100 valence electrons. The van der Waals surface area contributed by atoms with Crippen LogP contribution in [0.25, 0.3) is 0 Å². The molecule has 3 rings (SSSR count). The molecule has 0 amide bonds. The predicted octanol–water partition coefficient (Wildman–Crippen LogP) is -0.0824. The van der Waals surface area contributed by atoms with Crippen LogP contribution < -0.4 is 0 Å². The van der Waals surface area contributed by atoms with Crippen molar-refractivity contribution in [2.24, 2.45) is 0 Å². The average molecular weight is 256 g/mol. The van der Waals surface area contributed by atoms with E-state index in [0.29, 0.717) is 0 Å². The SMILES string of the molecule is O=C1OC(C2COC3(CCCCC3)O2)C(O)C1=O. The first-order valence-electron chi connectivity index (χ1n) is 6.36. The number of hydrogen-bond donors (Lipinski definition) is 1. The number of carbonyl (C=O) groups excluding carboxylic acids is 2. The van der Waals surface area contributed by atoms with Gasteiger partial charge in [-0.2, -0.15) is 0 Å². The van der Waals surface area contributed by atoms with Crippen LogP contribution in [0.15, 0.2) is 0 Å². The van der Waals surface area contributed by atoms with Crippen molar-refractivity contribution in [1.82, 2.24) is 0 Å². The molecule has 6 heteroatoms. The first-order valence-corrected chi connectivity index (χ1v) is 6.36. The summed E-state index contributed by atoms with van der Waals surface area (Å²) in [6, 6.07) is 0. The van der Waals surface area contributed by atoms with E-state index in [9.17, 15) is 14.7 Å². The van der Waals surface area contributed by atoms with Crippen LogP contribution in [0, 0.1) is 0 Å². The Balaban J connectivity index is 1.69. The second kappa shape index (κ2) is 4.29. The smallest absolute Gasteiger partial charge is 0.378 e. The zero-order valence-electron chi connectivity index (χ0n) is 9.96. The monoisotopic (exact) mass is 256 g/mol. The molecule has 3 unspecified atom stereocenters. The van der Waals surface area contributed by atoms with Crippen LogP contribution >= 0.6 is 0 Å². The fraction of sp³-hybridized carbons (Fsp3) is 0.833. The largest absolute Gasteiger partial charge is 0.450 e. The molecule has 0 aromatic rings. The quantitative estimate of drug-likeness (QED) is 0.522. The maximum atomic E-state index is 11.2. The lowest BCUT2D eigenvalue weighted by Crippen LogP contribution is -2.40. The highest BCUT2D eigenvalue weighted by Crippen LogP contribution is 2.39. The zero-order valence-corrected chi connectivity index (χ0v) is 9.96. The minimum Gasteiger partial charge on any atom is -0.450 e. The molecule has 1 saturated carbocycles. The maximum Gasteiger partial charge on any atom is 0.378 e. The molecule has 2 aliphatic heterocycles. The lowest BCUT2D eigenvalue weighted by molar-refractivity contribution is -0.200. The van der Waals surface area contributed by atoms with Gasteiger partial charge in [0.05, 0.1) is 6.61 Å². The molecule has 1 aliphatic carbocycles. The molecule has 3 atom stereocenters. The van der Waals surface area contributed by atoms with Crippen molar-refractivity contribution in [2.45, 2.75) is 56.2 Å². The van der Waals surface area contributed by atoms with Gasteiger partial charge in [-0.15, -0.1) is 0 Å². The number of rotatable bonds is 1. The van der Waals surface area contributed by atoms with Crippen molar-refractivity contribution in [1.29, 1.82) is 0 Å². The fourth-order valence-corrected chi connectivity index (χ4v) is 2.89. The van der Waals surface area contributed by atoms with Gasteiger partial charge in [-0.25, -0.2) is 4.79 Å². The van der Waals surface area contributed by atoms with Gasteiger partial charge in [-0.05, 0) is 12.8 Å². The van der Waals surface area contributed by atoms with Crippen molar-refractivity contribution in [3.63, 3.8) is 0 Å². The topological polar surface area (TPSA) is 82.1 Å². The standard InChI is InChI=1S/C12H16O6/c13-8-9(14)11(15)17-10(8)7-6-16-12(18-7)4-2-1-3-5-12/h7-8,10,13H,1-6H2. The first-order chi connectivity index (χ1) is 8.61. The van der Waals surface area contributed by atoms with Crippen molar-refractivity contribution >= 4 is 11.8 Å². The minimum atomic E-state index is -1.43. The Labute approximate surface area is 104 Å². The number of cyclic esters (lactones) is 1. The van der Waals surface area contributed by atoms with E-state index in [2.05, 4.69) is 0 Å². The molecule has 1 spiro atoms. The van der Waals surface area contributed by atoms with Gasteiger partial charge in [0.1, 0.15) is 6.10 Å². The Hall–Kier alpha value is -0.980. The van der Waals surface area contributed by atoms with E-state index in [-0.39, 0.29) is 6.61 Å². The van der Waals surface area contributed by atoms with Crippen molar-refractivity contribution in [3.05, 3.63) is 0 Å². The lowest BCUT2D eigenvalue weighted by atomic mass is 9.94. The average Bonchev–Trinajstić information content (AvgIpc) is 2.88. The number of esters is 1. The molecular formula is C12H16O6. The van der Waals surface area contributed by atoms with Crippen LogP contribution in [0.2, 0.25) is 0 Å². The van der Waals surface area contributed by atoms with Crippen molar-refractivity contribution in [2.75, 3.05) is 6.61 Å².